The van der Waals surface area contributed by atoms with Crippen LogP contribution in [0.2, 0.25) is 0 Å². The molecule has 0 N–H and O–H groups in total. The Morgan fingerprint density at radius 2 is 1.96 bits per heavy atom. The molecule has 6 rings (SSSR count). The van der Waals surface area contributed by atoms with Gasteiger partial charge < -0.3 is 4.90 Å². The molecule has 0 saturated carbocycles. The number of hydrogen-bond donors (Lipinski definition) is 0. The molecule has 4 fully saturated rings. The molecule has 1 aromatic carbocycles. The van der Waals surface area contributed by atoms with E-state index in [1.165, 1.54) is 42.6 Å². The standard InChI is InChI=1S/C22H25N3S/c1-15-4-2-5-17(12-15)22(26)25-14-19(18-6-3-9-23-13-18)21-20(25)16-7-10-24(21)11-8-16/h2-6,9,12-13,16,19-21H,7-8,10-11,14H2,1H3. The maximum absolute atomic E-state index is 6.02. The van der Waals surface area contributed by atoms with E-state index in [1.54, 1.807) is 0 Å². The molecule has 3 nitrogen and oxygen atoms in total. The third-order valence-electron chi connectivity index (χ3n) is 6.63. The van der Waals surface area contributed by atoms with Gasteiger partial charge in [0.15, 0.2) is 0 Å². The summed E-state index contributed by atoms with van der Waals surface area (Å²) in [6.07, 6.45) is 6.56. The van der Waals surface area contributed by atoms with Crippen molar-refractivity contribution in [1.29, 1.82) is 0 Å². The molecule has 2 bridgehead atoms. The number of benzene rings is 1. The molecule has 0 aliphatic carbocycles. The van der Waals surface area contributed by atoms with E-state index in [4.69, 9.17) is 12.2 Å². The molecule has 0 amide bonds. The zero-order chi connectivity index (χ0) is 17.7. The number of pyridine rings is 1. The Kier molecular flexibility index (Phi) is 4.06. The predicted octanol–water partition coefficient (Wildman–Crippen LogP) is 3.63. The van der Waals surface area contributed by atoms with Gasteiger partial charge in [0.25, 0.3) is 0 Å². The van der Waals surface area contributed by atoms with E-state index in [9.17, 15) is 0 Å². The van der Waals surface area contributed by atoms with Crippen molar-refractivity contribution in [3.05, 3.63) is 65.5 Å². The van der Waals surface area contributed by atoms with Gasteiger partial charge in [-0.15, -0.1) is 0 Å². The average molecular weight is 364 g/mol. The molecule has 4 aliphatic heterocycles. The molecule has 0 spiro atoms. The van der Waals surface area contributed by atoms with Crippen LogP contribution in [-0.2, 0) is 0 Å². The lowest BCUT2D eigenvalue weighted by Gasteiger charge is -2.51. The first-order chi connectivity index (χ1) is 12.7. The monoisotopic (exact) mass is 363 g/mol. The molecule has 4 aliphatic rings. The summed E-state index contributed by atoms with van der Waals surface area (Å²) in [5.74, 6) is 1.27. The van der Waals surface area contributed by atoms with E-state index in [-0.39, 0.29) is 0 Å². The highest BCUT2D eigenvalue weighted by Gasteiger charge is 2.53. The summed E-state index contributed by atoms with van der Waals surface area (Å²) in [5, 5.41) is 0. The number of nitrogens with zero attached hydrogens (tertiary/aromatic N) is 3. The Hall–Kier alpha value is -1.78. The molecule has 1 aromatic heterocycles. The van der Waals surface area contributed by atoms with Crippen LogP contribution in [0.25, 0.3) is 0 Å². The lowest BCUT2D eigenvalue weighted by Crippen LogP contribution is -2.60. The largest absolute Gasteiger partial charge is 0.357 e. The maximum atomic E-state index is 6.02. The van der Waals surface area contributed by atoms with E-state index < -0.39 is 0 Å². The Bertz CT molecular complexity index is 813. The van der Waals surface area contributed by atoms with Crippen LogP contribution in [0, 0.1) is 12.8 Å². The zero-order valence-electron chi connectivity index (χ0n) is 15.2. The SMILES string of the molecule is Cc1cccc(C(=S)N2CC(c3cccnc3)C3C2C2CCN3CC2)c1. The molecule has 2 aromatic rings. The number of rotatable bonds is 2. The average Bonchev–Trinajstić information content (AvgIpc) is 3.12. The molecule has 3 atom stereocenters. The van der Waals surface area contributed by atoms with Crippen molar-refractivity contribution >= 4 is 17.2 Å². The lowest BCUT2D eigenvalue weighted by atomic mass is 9.75. The predicted molar refractivity (Wildman–Crippen MR) is 108 cm³/mol. The fraction of sp³-hybridized carbons (Fsp3) is 0.455. The van der Waals surface area contributed by atoms with Gasteiger partial charge in [-0.25, -0.2) is 0 Å². The van der Waals surface area contributed by atoms with Gasteiger partial charge in [-0.1, -0.05) is 42.0 Å². The van der Waals surface area contributed by atoms with Crippen LogP contribution < -0.4 is 0 Å². The van der Waals surface area contributed by atoms with Crippen molar-refractivity contribution in [3.8, 4) is 0 Å². The number of aryl methyl sites for hydroxylation is 1. The first kappa shape index (κ1) is 16.4. The van der Waals surface area contributed by atoms with Gasteiger partial charge in [0.2, 0.25) is 0 Å². The normalized spacial score (nSPS) is 32.5. The topological polar surface area (TPSA) is 19.4 Å². The minimum absolute atomic E-state index is 0.500. The molecule has 5 heterocycles. The summed E-state index contributed by atoms with van der Waals surface area (Å²) >= 11 is 6.02. The van der Waals surface area contributed by atoms with Crippen molar-refractivity contribution in [2.75, 3.05) is 19.6 Å². The molecule has 4 saturated heterocycles. The number of aromatic nitrogens is 1. The van der Waals surface area contributed by atoms with E-state index in [0.717, 1.165) is 17.5 Å². The molecule has 26 heavy (non-hydrogen) atoms. The van der Waals surface area contributed by atoms with Crippen LogP contribution in [-0.4, -0.2) is 51.5 Å². The van der Waals surface area contributed by atoms with E-state index >= 15 is 0 Å². The Morgan fingerprint density at radius 1 is 1.12 bits per heavy atom. The summed E-state index contributed by atoms with van der Waals surface area (Å²) in [6.45, 7) is 5.65. The highest BCUT2D eigenvalue weighted by molar-refractivity contribution is 7.80. The fourth-order valence-electron chi connectivity index (χ4n) is 5.49. The maximum Gasteiger partial charge on any atom is 0.109 e. The number of thiocarbonyl (C=S) groups is 1. The Morgan fingerprint density at radius 3 is 2.69 bits per heavy atom. The highest BCUT2D eigenvalue weighted by Crippen LogP contribution is 2.46. The van der Waals surface area contributed by atoms with Crippen LogP contribution in [0.1, 0.15) is 35.4 Å². The molecule has 134 valence electrons. The number of piperidine rings is 3. The van der Waals surface area contributed by atoms with Gasteiger partial charge in [-0.2, -0.15) is 0 Å². The van der Waals surface area contributed by atoms with Gasteiger partial charge in [0.1, 0.15) is 4.99 Å². The van der Waals surface area contributed by atoms with Gasteiger partial charge in [-0.05, 0) is 56.5 Å². The van der Waals surface area contributed by atoms with Crippen LogP contribution in [0.4, 0.5) is 0 Å². The second-order valence-electron chi connectivity index (χ2n) is 8.07. The van der Waals surface area contributed by atoms with Crippen molar-refractivity contribution in [3.63, 3.8) is 0 Å². The summed E-state index contributed by atoms with van der Waals surface area (Å²) < 4.78 is 0. The fourth-order valence-corrected chi connectivity index (χ4v) is 5.81. The molecule has 0 radical (unpaired) electrons. The Balaban J connectivity index is 1.53. The number of hydrogen-bond acceptors (Lipinski definition) is 3. The quantitative estimate of drug-likeness (QED) is 0.759. The first-order valence-corrected chi connectivity index (χ1v) is 10.1. The van der Waals surface area contributed by atoms with Gasteiger partial charge in [-0.3, -0.25) is 9.88 Å². The summed E-state index contributed by atoms with van der Waals surface area (Å²) in [5.41, 5.74) is 3.84. The molecule has 3 unspecified atom stereocenters. The number of likely N-dealkylation sites (tertiary alicyclic amines) is 1. The van der Waals surface area contributed by atoms with Crippen molar-refractivity contribution in [1.82, 2.24) is 14.8 Å². The van der Waals surface area contributed by atoms with Crippen LogP contribution in [0.5, 0.6) is 0 Å². The Labute approximate surface area is 161 Å². The van der Waals surface area contributed by atoms with E-state index in [1.807, 2.05) is 6.20 Å². The summed E-state index contributed by atoms with van der Waals surface area (Å²) in [7, 11) is 0. The minimum atomic E-state index is 0.500. The van der Waals surface area contributed by atoms with Crippen LogP contribution >= 0.6 is 12.2 Å². The van der Waals surface area contributed by atoms with Gasteiger partial charge in [0.05, 0.1) is 0 Å². The van der Waals surface area contributed by atoms with E-state index in [2.05, 4.69) is 64.3 Å². The number of fused-ring (bicyclic) bond motifs is 2. The van der Waals surface area contributed by atoms with Crippen molar-refractivity contribution in [2.24, 2.45) is 5.92 Å². The van der Waals surface area contributed by atoms with Crippen LogP contribution in [0.3, 0.4) is 0 Å². The third kappa shape index (κ3) is 2.58. The zero-order valence-corrected chi connectivity index (χ0v) is 16.0. The second kappa shape index (κ2) is 6.43. The summed E-state index contributed by atoms with van der Waals surface area (Å²) in [4.78, 5) is 10.7. The summed E-state index contributed by atoms with van der Waals surface area (Å²) in [6, 6.07) is 14.1. The van der Waals surface area contributed by atoms with Gasteiger partial charge >= 0.3 is 0 Å². The van der Waals surface area contributed by atoms with Crippen LogP contribution in [0.15, 0.2) is 48.8 Å². The minimum Gasteiger partial charge on any atom is -0.357 e. The molecule has 4 heteroatoms. The molecular weight excluding hydrogens is 338 g/mol. The lowest BCUT2D eigenvalue weighted by molar-refractivity contribution is 0.0101. The smallest absolute Gasteiger partial charge is 0.109 e. The van der Waals surface area contributed by atoms with Crippen molar-refractivity contribution < 1.29 is 0 Å². The molecular formula is C22H25N3S. The van der Waals surface area contributed by atoms with E-state index in [0.29, 0.717) is 18.0 Å². The third-order valence-corrected chi connectivity index (χ3v) is 7.10. The highest BCUT2D eigenvalue weighted by atomic mass is 32.1. The van der Waals surface area contributed by atoms with Gasteiger partial charge in [0, 0.05) is 42.5 Å². The second-order valence-corrected chi connectivity index (χ2v) is 8.46. The van der Waals surface area contributed by atoms with Crippen molar-refractivity contribution in [2.45, 2.75) is 37.8 Å². The first-order valence-electron chi connectivity index (χ1n) is 9.74.